The molecule has 0 bridgehead atoms. The van der Waals surface area contributed by atoms with Gasteiger partial charge >= 0.3 is 0 Å². The van der Waals surface area contributed by atoms with Crippen molar-refractivity contribution >= 4 is 31.6 Å². The van der Waals surface area contributed by atoms with E-state index in [0.717, 1.165) is 32.1 Å². The van der Waals surface area contributed by atoms with E-state index in [1.807, 2.05) is 0 Å². The van der Waals surface area contributed by atoms with E-state index in [0.29, 0.717) is 13.1 Å². The number of carbonyl (C=O) groups is 1. The first kappa shape index (κ1) is 21.9. The Labute approximate surface area is 182 Å². The second-order valence-corrected chi connectivity index (χ2v) is 11.5. The molecule has 166 valence electrons. The van der Waals surface area contributed by atoms with Crippen molar-refractivity contribution in [3.63, 3.8) is 0 Å². The van der Waals surface area contributed by atoms with Crippen molar-refractivity contribution in [2.75, 3.05) is 18.4 Å². The number of benzene rings is 2. The van der Waals surface area contributed by atoms with Crippen molar-refractivity contribution in [1.82, 2.24) is 9.03 Å². The van der Waals surface area contributed by atoms with Gasteiger partial charge in [-0.15, -0.1) is 0 Å². The van der Waals surface area contributed by atoms with Crippen molar-refractivity contribution in [3.8, 4) is 0 Å². The first-order chi connectivity index (χ1) is 14.8. The van der Waals surface area contributed by atoms with Crippen molar-refractivity contribution in [3.05, 3.63) is 54.1 Å². The zero-order valence-corrected chi connectivity index (χ0v) is 18.6. The lowest BCUT2D eigenvalue weighted by Gasteiger charge is -2.26. The molecule has 8 nitrogen and oxygen atoms in total. The van der Waals surface area contributed by atoms with Crippen LogP contribution < -0.4 is 10.0 Å². The predicted octanol–water partition coefficient (Wildman–Crippen LogP) is 2.55. The highest BCUT2D eigenvalue weighted by molar-refractivity contribution is 7.89. The van der Waals surface area contributed by atoms with Crippen LogP contribution in [0.25, 0.3) is 0 Å². The molecule has 2 aliphatic rings. The summed E-state index contributed by atoms with van der Waals surface area (Å²) in [7, 11) is -7.45. The molecule has 2 aromatic rings. The van der Waals surface area contributed by atoms with Crippen LogP contribution in [0.3, 0.4) is 0 Å². The molecule has 2 N–H and O–H groups in total. The van der Waals surface area contributed by atoms with Crippen LogP contribution in [0.5, 0.6) is 0 Å². The van der Waals surface area contributed by atoms with Crippen LogP contribution in [-0.4, -0.2) is 46.2 Å². The number of hydrogen-bond acceptors (Lipinski definition) is 5. The second kappa shape index (κ2) is 8.70. The molecule has 10 heteroatoms. The maximum absolute atomic E-state index is 13.1. The molecule has 0 spiro atoms. The second-order valence-electron chi connectivity index (χ2n) is 7.84. The summed E-state index contributed by atoms with van der Waals surface area (Å²) in [5.74, 6) is -0.579. The topological polar surface area (TPSA) is 113 Å². The van der Waals surface area contributed by atoms with Gasteiger partial charge in [-0.05, 0) is 56.0 Å². The molecular formula is C21H25N3O5S2. The molecule has 2 fully saturated rings. The fourth-order valence-corrected chi connectivity index (χ4v) is 6.54. The third-order valence-electron chi connectivity index (χ3n) is 5.37. The molecule has 4 rings (SSSR count). The van der Waals surface area contributed by atoms with E-state index in [-0.39, 0.29) is 27.1 Å². The van der Waals surface area contributed by atoms with Crippen LogP contribution in [0.1, 0.15) is 42.5 Å². The van der Waals surface area contributed by atoms with Gasteiger partial charge in [0.1, 0.15) is 4.90 Å². The van der Waals surface area contributed by atoms with Crippen LogP contribution in [0.4, 0.5) is 5.69 Å². The Kier molecular flexibility index (Phi) is 6.16. The predicted molar refractivity (Wildman–Crippen MR) is 117 cm³/mol. The zero-order chi connectivity index (χ0) is 22.1. The summed E-state index contributed by atoms with van der Waals surface area (Å²) in [5, 5.41) is 2.64. The SMILES string of the molecule is O=C(Nc1ccccc1S(=O)(=O)N1CCCCC1)c1cccc(S(=O)(=O)NC2CC2)c1. The summed E-state index contributed by atoms with van der Waals surface area (Å²) in [4.78, 5) is 12.9. The molecule has 0 radical (unpaired) electrons. The lowest BCUT2D eigenvalue weighted by atomic mass is 10.2. The number of nitrogens with zero attached hydrogens (tertiary/aromatic N) is 1. The molecule has 0 atom stereocenters. The number of hydrogen-bond donors (Lipinski definition) is 2. The van der Waals surface area contributed by atoms with Gasteiger partial charge in [0, 0.05) is 24.7 Å². The highest BCUT2D eigenvalue weighted by Crippen LogP contribution is 2.27. The van der Waals surface area contributed by atoms with Gasteiger partial charge in [-0.1, -0.05) is 24.6 Å². The van der Waals surface area contributed by atoms with Crippen LogP contribution in [0.2, 0.25) is 0 Å². The third kappa shape index (κ3) is 4.98. The molecule has 1 aliphatic carbocycles. The molecule has 31 heavy (non-hydrogen) atoms. The maximum Gasteiger partial charge on any atom is 0.255 e. The van der Waals surface area contributed by atoms with Crippen molar-refractivity contribution in [1.29, 1.82) is 0 Å². The fraction of sp³-hybridized carbons (Fsp3) is 0.381. The minimum absolute atomic E-state index is 0.00118. The highest BCUT2D eigenvalue weighted by Gasteiger charge is 2.30. The normalized spacial score (nSPS) is 17.9. The average Bonchev–Trinajstić information content (AvgIpc) is 3.58. The van der Waals surface area contributed by atoms with Gasteiger partial charge in [0.15, 0.2) is 0 Å². The summed E-state index contributed by atoms with van der Waals surface area (Å²) in [6.45, 7) is 0.914. The van der Waals surface area contributed by atoms with Gasteiger partial charge in [0.25, 0.3) is 5.91 Å². The molecule has 0 aromatic heterocycles. The minimum Gasteiger partial charge on any atom is -0.321 e. The molecule has 1 amide bonds. The number of sulfonamides is 2. The van der Waals surface area contributed by atoms with E-state index in [9.17, 15) is 21.6 Å². The first-order valence-corrected chi connectivity index (χ1v) is 13.2. The number of piperidine rings is 1. The van der Waals surface area contributed by atoms with Gasteiger partial charge in [-0.3, -0.25) is 4.79 Å². The Morgan fingerprint density at radius 3 is 2.32 bits per heavy atom. The van der Waals surface area contributed by atoms with E-state index in [1.54, 1.807) is 12.1 Å². The Morgan fingerprint density at radius 2 is 1.61 bits per heavy atom. The number of nitrogens with one attached hydrogen (secondary N) is 2. The van der Waals surface area contributed by atoms with Crippen LogP contribution in [-0.2, 0) is 20.0 Å². The van der Waals surface area contributed by atoms with E-state index in [4.69, 9.17) is 0 Å². The summed E-state index contributed by atoms with van der Waals surface area (Å²) in [5.41, 5.74) is 0.297. The molecule has 2 aromatic carbocycles. The molecule has 0 unspecified atom stereocenters. The average molecular weight is 464 g/mol. The number of anilines is 1. The Morgan fingerprint density at radius 1 is 0.903 bits per heavy atom. The largest absolute Gasteiger partial charge is 0.321 e. The Bertz CT molecular complexity index is 1190. The van der Waals surface area contributed by atoms with Crippen molar-refractivity contribution in [2.45, 2.75) is 47.9 Å². The number of para-hydroxylation sites is 1. The van der Waals surface area contributed by atoms with E-state index >= 15 is 0 Å². The lowest BCUT2D eigenvalue weighted by Crippen LogP contribution is -2.36. The quantitative estimate of drug-likeness (QED) is 0.655. The molecule has 1 saturated heterocycles. The van der Waals surface area contributed by atoms with E-state index in [2.05, 4.69) is 10.0 Å². The van der Waals surface area contributed by atoms with Crippen molar-refractivity contribution in [2.24, 2.45) is 0 Å². The van der Waals surface area contributed by atoms with Gasteiger partial charge < -0.3 is 5.32 Å². The summed E-state index contributed by atoms with van der Waals surface area (Å²) in [6, 6.07) is 11.9. The molecular weight excluding hydrogens is 438 g/mol. The van der Waals surface area contributed by atoms with Gasteiger partial charge in [0.05, 0.1) is 10.6 Å². The summed E-state index contributed by atoms with van der Waals surface area (Å²) in [6.07, 6.45) is 4.23. The fourth-order valence-electron chi connectivity index (χ4n) is 3.53. The Hall–Kier alpha value is -2.27. The Balaban J connectivity index is 1.58. The number of amides is 1. The first-order valence-electron chi connectivity index (χ1n) is 10.3. The number of carbonyl (C=O) groups excluding carboxylic acids is 1. The summed E-state index contributed by atoms with van der Waals surface area (Å²) < 4.78 is 55.1. The summed E-state index contributed by atoms with van der Waals surface area (Å²) >= 11 is 0. The lowest BCUT2D eigenvalue weighted by molar-refractivity contribution is 0.102. The smallest absolute Gasteiger partial charge is 0.255 e. The number of rotatable bonds is 7. The van der Waals surface area contributed by atoms with Crippen LogP contribution in [0, 0.1) is 0 Å². The van der Waals surface area contributed by atoms with Crippen molar-refractivity contribution < 1.29 is 21.6 Å². The minimum atomic E-state index is -3.75. The molecule has 1 heterocycles. The van der Waals surface area contributed by atoms with Gasteiger partial charge in [0.2, 0.25) is 20.0 Å². The van der Waals surface area contributed by atoms with Gasteiger partial charge in [-0.2, -0.15) is 4.31 Å². The van der Waals surface area contributed by atoms with Crippen LogP contribution >= 0.6 is 0 Å². The highest BCUT2D eigenvalue weighted by atomic mass is 32.2. The molecule has 1 saturated carbocycles. The van der Waals surface area contributed by atoms with E-state index < -0.39 is 26.0 Å². The van der Waals surface area contributed by atoms with Gasteiger partial charge in [-0.25, -0.2) is 21.6 Å². The molecule has 1 aliphatic heterocycles. The van der Waals surface area contributed by atoms with Crippen LogP contribution in [0.15, 0.2) is 58.3 Å². The maximum atomic E-state index is 13.1. The van der Waals surface area contributed by atoms with E-state index in [1.165, 1.54) is 40.7 Å². The third-order valence-corrected chi connectivity index (χ3v) is 8.85. The zero-order valence-electron chi connectivity index (χ0n) is 17.0. The monoisotopic (exact) mass is 463 g/mol. The standard InChI is InChI=1S/C21H25N3O5S2/c25-21(16-7-6-8-18(15-16)30(26,27)23-17-11-12-17)22-19-9-2-3-10-20(19)31(28,29)24-13-4-1-5-14-24/h2-3,6-10,15,17,23H,1,4-5,11-14H2,(H,22,25).